The van der Waals surface area contributed by atoms with Crippen LogP contribution < -0.4 is 4.90 Å². The molecule has 5 heteroatoms. The van der Waals surface area contributed by atoms with Gasteiger partial charge < -0.3 is 4.74 Å². The highest BCUT2D eigenvalue weighted by Gasteiger charge is 2.46. The Morgan fingerprint density at radius 1 is 1.29 bits per heavy atom. The molecule has 0 N–H and O–H groups in total. The number of anilines is 1. The number of halogens is 1. The Kier molecular flexibility index (Phi) is 3.22. The molecule has 2 atom stereocenters. The summed E-state index contributed by atoms with van der Waals surface area (Å²) < 4.78 is 19.5. The summed E-state index contributed by atoms with van der Waals surface area (Å²) in [5.74, 6) is -2.14. The summed E-state index contributed by atoms with van der Waals surface area (Å²) in [4.78, 5) is 25.3. The second-order valence-electron chi connectivity index (χ2n) is 5.16. The third-order valence-corrected chi connectivity index (χ3v) is 3.61. The van der Waals surface area contributed by atoms with Crippen LogP contribution in [0.4, 0.5) is 10.1 Å². The number of hydrogen-bond donors (Lipinski definition) is 0. The van der Waals surface area contributed by atoms with Crippen molar-refractivity contribution < 1.29 is 18.7 Å². The molecule has 1 saturated heterocycles. The summed E-state index contributed by atoms with van der Waals surface area (Å²) in [6.07, 6.45) is 3.59. The first-order valence-corrected chi connectivity index (χ1v) is 6.68. The SMILES string of the molecule is CC1COC2(C=CC(=O)C(F)=C2)N(c2ccccc2)C1=O. The van der Waals surface area contributed by atoms with Gasteiger partial charge in [-0.05, 0) is 24.3 Å². The van der Waals surface area contributed by atoms with Crippen molar-refractivity contribution in [1.82, 2.24) is 0 Å². The first-order valence-electron chi connectivity index (χ1n) is 6.68. The summed E-state index contributed by atoms with van der Waals surface area (Å²) in [6.45, 7) is 1.92. The number of hydrogen-bond acceptors (Lipinski definition) is 3. The third kappa shape index (κ3) is 2.19. The highest BCUT2D eigenvalue weighted by molar-refractivity contribution is 6.05. The fraction of sp³-hybridized carbons (Fsp3) is 0.250. The van der Waals surface area contributed by atoms with Crippen molar-refractivity contribution >= 4 is 17.4 Å². The zero-order valence-corrected chi connectivity index (χ0v) is 11.5. The first kappa shape index (κ1) is 13.7. The molecule has 1 aliphatic heterocycles. The number of rotatable bonds is 1. The number of ether oxygens (including phenoxy) is 1. The molecule has 2 unspecified atom stereocenters. The molecular formula is C16H14FNO3. The third-order valence-electron chi connectivity index (χ3n) is 3.61. The Morgan fingerprint density at radius 3 is 2.67 bits per heavy atom. The molecule has 0 bridgehead atoms. The smallest absolute Gasteiger partial charge is 0.234 e. The molecule has 0 radical (unpaired) electrons. The summed E-state index contributed by atoms with van der Waals surface area (Å²) in [7, 11) is 0. The van der Waals surface area contributed by atoms with Crippen LogP contribution in [0.1, 0.15) is 6.92 Å². The Bertz CT molecular complexity index is 653. The molecule has 0 aromatic heterocycles. The van der Waals surface area contributed by atoms with Crippen molar-refractivity contribution in [2.45, 2.75) is 12.6 Å². The van der Waals surface area contributed by atoms with Crippen LogP contribution in [-0.4, -0.2) is 24.0 Å². The van der Waals surface area contributed by atoms with E-state index in [1.165, 1.54) is 11.0 Å². The van der Waals surface area contributed by atoms with Gasteiger partial charge in [0.05, 0.1) is 12.5 Å². The number of ketones is 1. The summed E-state index contributed by atoms with van der Waals surface area (Å²) in [5, 5.41) is 0. The van der Waals surface area contributed by atoms with Gasteiger partial charge in [-0.15, -0.1) is 0 Å². The lowest BCUT2D eigenvalue weighted by molar-refractivity contribution is -0.137. The topological polar surface area (TPSA) is 46.6 Å². The quantitative estimate of drug-likeness (QED) is 0.796. The number of carbonyl (C=O) groups is 2. The van der Waals surface area contributed by atoms with Gasteiger partial charge in [0.25, 0.3) is 0 Å². The Morgan fingerprint density at radius 2 is 2.00 bits per heavy atom. The number of para-hydroxylation sites is 1. The second-order valence-corrected chi connectivity index (χ2v) is 5.16. The van der Waals surface area contributed by atoms with E-state index in [-0.39, 0.29) is 18.4 Å². The van der Waals surface area contributed by atoms with Crippen molar-refractivity contribution in [2.75, 3.05) is 11.5 Å². The van der Waals surface area contributed by atoms with Crippen molar-refractivity contribution in [3.8, 4) is 0 Å². The van der Waals surface area contributed by atoms with Gasteiger partial charge in [0.2, 0.25) is 11.7 Å². The first-order chi connectivity index (χ1) is 10.0. The maximum atomic E-state index is 13.8. The van der Waals surface area contributed by atoms with Crippen LogP contribution in [0, 0.1) is 5.92 Å². The molecule has 1 spiro atoms. The molecule has 1 heterocycles. The van der Waals surface area contributed by atoms with E-state index in [1.807, 2.05) is 6.07 Å². The number of carbonyl (C=O) groups excluding carboxylic acids is 2. The number of nitrogens with zero attached hydrogens (tertiary/aromatic N) is 1. The molecular weight excluding hydrogens is 273 g/mol. The highest BCUT2D eigenvalue weighted by Crippen LogP contribution is 2.36. The largest absolute Gasteiger partial charge is 0.347 e. The highest BCUT2D eigenvalue weighted by atomic mass is 19.1. The van der Waals surface area contributed by atoms with E-state index in [2.05, 4.69) is 0 Å². The molecule has 21 heavy (non-hydrogen) atoms. The lowest BCUT2D eigenvalue weighted by Gasteiger charge is -2.45. The van der Waals surface area contributed by atoms with Gasteiger partial charge in [-0.2, -0.15) is 0 Å². The minimum Gasteiger partial charge on any atom is -0.347 e. The van der Waals surface area contributed by atoms with E-state index in [1.54, 1.807) is 31.2 Å². The van der Waals surface area contributed by atoms with Crippen LogP contribution in [0.5, 0.6) is 0 Å². The number of allylic oxidation sites excluding steroid dienone is 2. The predicted molar refractivity (Wildman–Crippen MR) is 75.1 cm³/mol. The van der Waals surface area contributed by atoms with E-state index in [4.69, 9.17) is 4.74 Å². The van der Waals surface area contributed by atoms with Gasteiger partial charge in [-0.3, -0.25) is 14.5 Å². The lowest BCUT2D eigenvalue weighted by Crippen LogP contribution is -2.59. The van der Waals surface area contributed by atoms with E-state index < -0.39 is 17.3 Å². The summed E-state index contributed by atoms with van der Waals surface area (Å²) in [5.41, 5.74) is -0.778. The van der Waals surface area contributed by atoms with E-state index in [0.29, 0.717) is 5.69 Å². The van der Waals surface area contributed by atoms with Crippen molar-refractivity contribution in [3.05, 3.63) is 54.4 Å². The van der Waals surface area contributed by atoms with E-state index in [9.17, 15) is 14.0 Å². The van der Waals surface area contributed by atoms with Crippen LogP contribution in [-0.2, 0) is 14.3 Å². The molecule has 2 aliphatic rings. The van der Waals surface area contributed by atoms with Crippen molar-refractivity contribution in [3.63, 3.8) is 0 Å². The molecule has 1 aliphatic carbocycles. The molecule has 3 rings (SSSR count). The molecule has 0 saturated carbocycles. The second kappa shape index (κ2) is 4.93. The van der Waals surface area contributed by atoms with Gasteiger partial charge in [0, 0.05) is 11.8 Å². The van der Waals surface area contributed by atoms with E-state index in [0.717, 1.165) is 12.2 Å². The molecule has 1 amide bonds. The Labute approximate surface area is 121 Å². The number of amides is 1. The molecule has 1 aromatic rings. The Balaban J connectivity index is 2.12. The molecule has 1 fully saturated rings. The normalized spacial score (nSPS) is 29.0. The predicted octanol–water partition coefficient (Wildman–Crippen LogP) is 2.37. The summed E-state index contributed by atoms with van der Waals surface area (Å²) >= 11 is 0. The molecule has 108 valence electrons. The summed E-state index contributed by atoms with van der Waals surface area (Å²) in [6, 6.07) is 8.89. The fourth-order valence-corrected chi connectivity index (χ4v) is 2.50. The van der Waals surface area contributed by atoms with E-state index >= 15 is 0 Å². The zero-order chi connectivity index (χ0) is 15.0. The molecule has 1 aromatic carbocycles. The minimum absolute atomic E-state index is 0.171. The van der Waals surface area contributed by atoms with Crippen molar-refractivity contribution in [2.24, 2.45) is 5.92 Å². The fourth-order valence-electron chi connectivity index (χ4n) is 2.50. The molecule has 4 nitrogen and oxygen atoms in total. The van der Waals surface area contributed by atoms with Crippen molar-refractivity contribution in [1.29, 1.82) is 0 Å². The zero-order valence-electron chi connectivity index (χ0n) is 11.5. The van der Waals surface area contributed by atoms with Gasteiger partial charge in [-0.25, -0.2) is 4.39 Å². The monoisotopic (exact) mass is 287 g/mol. The van der Waals surface area contributed by atoms with Crippen LogP contribution in [0.15, 0.2) is 54.4 Å². The van der Waals surface area contributed by atoms with Crippen LogP contribution in [0.2, 0.25) is 0 Å². The lowest BCUT2D eigenvalue weighted by atomic mass is 9.97. The van der Waals surface area contributed by atoms with Gasteiger partial charge >= 0.3 is 0 Å². The van der Waals surface area contributed by atoms with Gasteiger partial charge in [0.1, 0.15) is 0 Å². The van der Waals surface area contributed by atoms with Crippen LogP contribution >= 0.6 is 0 Å². The average molecular weight is 287 g/mol. The van der Waals surface area contributed by atoms with Crippen LogP contribution in [0.3, 0.4) is 0 Å². The standard InChI is InChI=1S/C16H14FNO3/c1-11-10-21-16(8-7-14(19)13(17)9-16)18(15(11)20)12-5-3-2-4-6-12/h2-9,11H,10H2,1H3. The maximum Gasteiger partial charge on any atom is 0.234 e. The minimum atomic E-state index is -1.37. The van der Waals surface area contributed by atoms with Crippen LogP contribution in [0.25, 0.3) is 0 Å². The number of benzene rings is 1. The average Bonchev–Trinajstić information content (AvgIpc) is 2.49. The van der Waals surface area contributed by atoms with Gasteiger partial charge in [0.15, 0.2) is 11.6 Å². The van der Waals surface area contributed by atoms with Gasteiger partial charge in [-0.1, -0.05) is 25.1 Å². The Hall–Kier alpha value is -2.27. The maximum absolute atomic E-state index is 13.8.